The van der Waals surface area contributed by atoms with E-state index >= 15 is 0 Å². The van der Waals surface area contributed by atoms with E-state index in [0.717, 1.165) is 25.7 Å². The predicted molar refractivity (Wildman–Crippen MR) is 67.4 cm³/mol. The van der Waals surface area contributed by atoms with Gasteiger partial charge < -0.3 is 18.9 Å². The minimum Gasteiger partial charge on any atom is -0.375 e. The number of carbonyl (C=O) groups is 1. The van der Waals surface area contributed by atoms with Crippen LogP contribution in [0.1, 0.15) is 25.7 Å². The molecule has 1 aliphatic rings. The maximum atomic E-state index is 11.6. The fourth-order valence-electron chi connectivity index (χ4n) is 2.18. The molecule has 0 bridgehead atoms. The van der Waals surface area contributed by atoms with Crippen molar-refractivity contribution in [2.75, 3.05) is 26.7 Å². The van der Waals surface area contributed by atoms with Crippen LogP contribution in [0.15, 0.2) is 0 Å². The maximum Gasteiger partial charge on any atom is 0.248 e. The third kappa shape index (κ3) is 5.01. The highest BCUT2D eigenvalue weighted by Crippen LogP contribution is 2.24. The fraction of sp³-hybridized carbons (Fsp3) is 0.909. The molecule has 1 amide bonds. The molecule has 1 fully saturated rings. The van der Waals surface area contributed by atoms with Crippen LogP contribution < -0.4 is 0 Å². The van der Waals surface area contributed by atoms with Crippen molar-refractivity contribution in [3.63, 3.8) is 0 Å². The first-order valence-electron chi connectivity index (χ1n) is 5.98. The fourth-order valence-corrected chi connectivity index (χ4v) is 2.49. The zero-order valence-electron chi connectivity index (χ0n) is 10.8. The van der Waals surface area contributed by atoms with Gasteiger partial charge in [0.1, 0.15) is 12.5 Å². The van der Waals surface area contributed by atoms with Crippen molar-refractivity contribution >= 4 is 17.0 Å². The number of amides is 1. The molecule has 0 aliphatic heterocycles. The summed E-state index contributed by atoms with van der Waals surface area (Å²) in [6, 6.07) is 0.215. The summed E-state index contributed by atoms with van der Waals surface area (Å²) in [6.07, 6.45) is 3.37. The second kappa shape index (κ2) is 7.83. The Labute approximate surface area is 110 Å². The Morgan fingerprint density at radius 2 is 2.00 bits per heavy atom. The lowest BCUT2D eigenvalue weighted by atomic mass is 9.92. The number of methoxy groups -OCH3 is 1. The van der Waals surface area contributed by atoms with Crippen molar-refractivity contribution in [3.05, 3.63) is 0 Å². The van der Waals surface area contributed by atoms with E-state index in [1.54, 1.807) is 11.9 Å². The zero-order valence-corrected chi connectivity index (χ0v) is 11.6. The van der Waals surface area contributed by atoms with E-state index < -0.39 is 11.1 Å². The van der Waals surface area contributed by atoms with Crippen LogP contribution in [-0.4, -0.2) is 58.4 Å². The first-order chi connectivity index (χ1) is 8.54. The Balaban J connectivity index is 2.30. The van der Waals surface area contributed by atoms with Gasteiger partial charge in [-0.15, -0.1) is 0 Å². The van der Waals surface area contributed by atoms with Gasteiger partial charge in [0.25, 0.3) is 0 Å². The molecule has 1 rings (SSSR count). The first kappa shape index (κ1) is 15.6. The summed E-state index contributed by atoms with van der Waals surface area (Å²) < 4.78 is 29.3. The molecule has 18 heavy (non-hydrogen) atoms. The minimum absolute atomic E-state index is 0.0154. The van der Waals surface area contributed by atoms with E-state index in [2.05, 4.69) is 0 Å². The van der Waals surface area contributed by atoms with Gasteiger partial charge in [-0.25, -0.2) is 4.21 Å². The highest BCUT2D eigenvalue weighted by molar-refractivity contribution is 7.79. The predicted octanol–water partition coefficient (Wildman–Crippen LogP) is 0.598. The number of hydrogen-bond donors (Lipinski definition) is 1. The molecular weight excluding hydrogens is 258 g/mol. The summed E-state index contributed by atoms with van der Waals surface area (Å²) in [5.41, 5.74) is 0. The molecule has 1 atom stereocenters. The topological polar surface area (TPSA) is 76.1 Å². The lowest BCUT2D eigenvalue weighted by Crippen LogP contribution is -2.42. The highest BCUT2D eigenvalue weighted by Gasteiger charge is 2.26. The Bertz CT molecular complexity index is 291. The molecule has 0 spiro atoms. The third-order valence-electron chi connectivity index (χ3n) is 3.26. The van der Waals surface area contributed by atoms with Gasteiger partial charge in [-0.05, 0) is 25.7 Å². The average Bonchev–Trinajstić information content (AvgIpc) is 2.36. The Morgan fingerprint density at radius 3 is 2.50 bits per heavy atom. The molecule has 1 N–H and O–H groups in total. The van der Waals surface area contributed by atoms with Gasteiger partial charge >= 0.3 is 0 Å². The summed E-state index contributed by atoms with van der Waals surface area (Å²) in [5, 5.41) is 0. The van der Waals surface area contributed by atoms with Crippen LogP contribution in [0.25, 0.3) is 0 Å². The summed E-state index contributed by atoms with van der Waals surface area (Å²) in [6.45, 7) is 0.108. The van der Waals surface area contributed by atoms with Crippen molar-refractivity contribution in [1.82, 2.24) is 4.90 Å². The normalized spacial score (nSPS) is 25.7. The van der Waals surface area contributed by atoms with Crippen molar-refractivity contribution in [2.45, 2.75) is 37.8 Å². The number of hydrogen-bond acceptors (Lipinski definition) is 4. The average molecular weight is 279 g/mol. The molecule has 0 aromatic heterocycles. The molecule has 0 heterocycles. The Morgan fingerprint density at radius 1 is 1.39 bits per heavy atom. The molecule has 1 aliphatic carbocycles. The molecule has 0 aromatic rings. The van der Waals surface area contributed by atoms with Gasteiger partial charge in [-0.1, -0.05) is 0 Å². The van der Waals surface area contributed by atoms with Crippen LogP contribution in [0.4, 0.5) is 0 Å². The van der Waals surface area contributed by atoms with Gasteiger partial charge in [0.15, 0.2) is 11.1 Å². The monoisotopic (exact) mass is 279 g/mol. The number of rotatable bonds is 6. The molecule has 0 saturated heterocycles. The van der Waals surface area contributed by atoms with Crippen molar-refractivity contribution in [1.29, 1.82) is 0 Å². The molecule has 0 aromatic carbocycles. The van der Waals surface area contributed by atoms with Gasteiger partial charge in [-0.2, -0.15) is 0 Å². The number of nitrogens with zero attached hydrogens (tertiary/aromatic N) is 1. The minimum atomic E-state index is -1.90. The van der Waals surface area contributed by atoms with Crippen molar-refractivity contribution in [2.24, 2.45) is 0 Å². The largest absolute Gasteiger partial charge is 0.375 e. The van der Waals surface area contributed by atoms with Gasteiger partial charge in [-0.3, -0.25) is 4.79 Å². The van der Waals surface area contributed by atoms with E-state index in [1.165, 1.54) is 7.11 Å². The smallest absolute Gasteiger partial charge is 0.248 e. The van der Waals surface area contributed by atoms with E-state index in [1.807, 2.05) is 0 Å². The summed E-state index contributed by atoms with van der Waals surface area (Å²) in [5.74, 6) is -0.147. The second-order valence-electron chi connectivity index (χ2n) is 4.47. The second-order valence-corrected chi connectivity index (χ2v) is 5.35. The van der Waals surface area contributed by atoms with Crippen LogP contribution in [-0.2, 0) is 25.3 Å². The maximum absolute atomic E-state index is 11.6. The highest BCUT2D eigenvalue weighted by atomic mass is 32.2. The Hall–Kier alpha value is -0.500. The Kier molecular flexibility index (Phi) is 6.77. The molecule has 6 nitrogen and oxygen atoms in total. The number of carbonyl (C=O) groups excluding carboxylic acids is 1. The lowest BCUT2D eigenvalue weighted by Gasteiger charge is -2.34. The first-order valence-corrected chi connectivity index (χ1v) is 7.25. The molecule has 106 valence electrons. The van der Waals surface area contributed by atoms with Crippen LogP contribution >= 0.6 is 0 Å². The van der Waals surface area contributed by atoms with Gasteiger partial charge in [0.2, 0.25) is 5.91 Å². The van der Waals surface area contributed by atoms with E-state index in [-0.39, 0.29) is 30.6 Å². The van der Waals surface area contributed by atoms with Crippen LogP contribution in [0.2, 0.25) is 0 Å². The number of likely N-dealkylation sites (N-methyl/N-ethyl adjacent to an activating group) is 1. The molecule has 1 saturated carbocycles. The van der Waals surface area contributed by atoms with Gasteiger partial charge in [0.05, 0.1) is 6.10 Å². The van der Waals surface area contributed by atoms with Crippen LogP contribution in [0.5, 0.6) is 0 Å². The lowest BCUT2D eigenvalue weighted by molar-refractivity contribution is -0.137. The van der Waals surface area contributed by atoms with Crippen LogP contribution in [0.3, 0.4) is 0 Å². The van der Waals surface area contributed by atoms with Gasteiger partial charge in [0, 0.05) is 20.2 Å². The third-order valence-corrected chi connectivity index (χ3v) is 3.59. The van der Waals surface area contributed by atoms with Crippen molar-refractivity contribution < 1.29 is 23.0 Å². The zero-order chi connectivity index (χ0) is 13.5. The van der Waals surface area contributed by atoms with E-state index in [4.69, 9.17) is 14.0 Å². The molecule has 7 heteroatoms. The summed E-state index contributed by atoms with van der Waals surface area (Å²) in [7, 11) is 3.29. The van der Waals surface area contributed by atoms with Crippen LogP contribution in [0, 0.1) is 0 Å². The summed E-state index contributed by atoms with van der Waals surface area (Å²) in [4.78, 5) is 13.4. The number of ether oxygens (including phenoxy) is 2. The molecular formula is C11H21NO5S. The SMILES string of the molecule is COCC(=O)N(C)[C@H]1CC[C@@H](OCS(=O)O)CC1. The quantitative estimate of drug-likeness (QED) is 0.720. The van der Waals surface area contributed by atoms with E-state index in [0.29, 0.717) is 0 Å². The molecule has 0 radical (unpaired) electrons. The standard InChI is InChI=1S/C11H21NO5S/c1-12(11(13)7-16-2)9-3-5-10(6-4-9)17-8-18(14)15/h9-10H,3-8H2,1-2H3,(H,14,15)/t9-,10+. The summed E-state index contributed by atoms with van der Waals surface area (Å²) >= 11 is -1.90. The molecule has 1 unspecified atom stereocenters. The van der Waals surface area contributed by atoms with Crippen molar-refractivity contribution in [3.8, 4) is 0 Å². The van der Waals surface area contributed by atoms with E-state index in [9.17, 15) is 9.00 Å².